The molecule has 1 atom stereocenters. The number of allylic oxidation sites excluding steroid dienone is 4. The van der Waals surface area contributed by atoms with Crippen LogP contribution in [0.1, 0.15) is 27.2 Å². The van der Waals surface area contributed by atoms with Gasteiger partial charge in [0.25, 0.3) is 0 Å². The molecule has 1 unspecified atom stereocenters. The minimum Gasteiger partial charge on any atom is -0.0784 e. The molecule has 0 aliphatic heterocycles. The maximum Gasteiger partial charge on any atom is -0.0219 e. The van der Waals surface area contributed by atoms with Gasteiger partial charge in [0.2, 0.25) is 0 Å². The Hall–Kier alpha value is -0.520. The van der Waals surface area contributed by atoms with Gasteiger partial charge in [-0.1, -0.05) is 30.2 Å². The van der Waals surface area contributed by atoms with Crippen LogP contribution in [-0.4, -0.2) is 0 Å². The van der Waals surface area contributed by atoms with Crippen LogP contribution < -0.4 is 0 Å². The molecule has 0 aromatic heterocycles. The molecule has 0 radical (unpaired) electrons. The molecule has 0 aromatic rings. The Bertz CT molecular complexity index is 161. The van der Waals surface area contributed by atoms with Gasteiger partial charge in [0.05, 0.1) is 0 Å². The smallest absolute Gasteiger partial charge is 0.0219 e. The number of hydrogen-bond donors (Lipinski definition) is 0. The molecule has 0 saturated carbocycles. The van der Waals surface area contributed by atoms with E-state index in [0.717, 1.165) is 5.92 Å². The average molecular weight is 122 g/mol. The van der Waals surface area contributed by atoms with Crippen molar-refractivity contribution in [2.45, 2.75) is 27.2 Å². The van der Waals surface area contributed by atoms with Gasteiger partial charge in [-0.25, -0.2) is 0 Å². The summed E-state index contributed by atoms with van der Waals surface area (Å²) in [6.45, 7) is 6.63. The van der Waals surface area contributed by atoms with Gasteiger partial charge in [-0.2, -0.15) is 0 Å². The predicted molar refractivity (Wildman–Crippen MR) is 41.3 cm³/mol. The molecular weight excluding hydrogens is 108 g/mol. The van der Waals surface area contributed by atoms with Crippen molar-refractivity contribution in [3.8, 4) is 0 Å². The Morgan fingerprint density at radius 1 is 1.44 bits per heavy atom. The van der Waals surface area contributed by atoms with Gasteiger partial charge in [0.1, 0.15) is 0 Å². The van der Waals surface area contributed by atoms with Crippen LogP contribution in [0.5, 0.6) is 0 Å². The average Bonchev–Trinajstić information content (AvgIpc) is 1.59. The molecule has 0 saturated heterocycles. The van der Waals surface area contributed by atoms with Crippen LogP contribution in [0.3, 0.4) is 0 Å². The Morgan fingerprint density at radius 3 is 2.56 bits per heavy atom. The van der Waals surface area contributed by atoms with E-state index in [9.17, 15) is 0 Å². The van der Waals surface area contributed by atoms with E-state index in [1.807, 2.05) is 0 Å². The predicted octanol–water partition coefficient (Wildman–Crippen LogP) is 2.92. The molecule has 0 heteroatoms. The van der Waals surface area contributed by atoms with E-state index >= 15 is 0 Å². The third kappa shape index (κ3) is 1.70. The third-order valence-corrected chi connectivity index (χ3v) is 1.67. The van der Waals surface area contributed by atoms with Gasteiger partial charge in [-0.3, -0.25) is 0 Å². The summed E-state index contributed by atoms with van der Waals surface area (Å²) in [7, 11) is 0. The molecule has 1 rings (SSSR count). The van der Waals surface area contributed by atoms with Gasteiger partial charge >= 0.3 is 0 Å². The third-order valence-electron chi connectivity index (χ3n) is 1.67. The summed E-state index contributed by atoms with van der Waals surface area (Å²) < 4.78 is 0. The second kappa shape index (κ2) is 2.38. The Labute approximate surface area is 57.3 Å². The first-order valence-corrected chi connectivity index (χ1v) is 3.54. The van der Waals surface area contributed by atoms with E-state index in [1.54, 1.807) is 0 Å². The highest BCUT2D eigenvalue weighted by Crippen LogP contribution is 2.20. The first-order valence-electron chi connectivity index (χ1n) is 3.54. The SMILES string of the molecule is CC1=CC(C)CC(C)=C1. The Kier molecular flexibility index (Phi) is 1.75. The summed E-state index contributed by atoms with van der Waals surface area (Å²) in [5.74, 6) is 0.759. The van der Waals surface area contributed by atoms with E-state index in [0.29, 0.717) is 0 Å². The number of rotatable bonds is 0. The molecule has 0 aromatic carbocycles. The van der Waals surface area contributed by atoms with Crippen LogP contribution in [0.2, 0.25) is 0 Å². The van der Waals surface area contributed by atoms with Crippen LogP contribution in [0, 0.1) is 5.92 Å². The van der Waals surface area contributed by atoms with E-state index < -0.39 is 0 Å². The zero-order chi connectivity index (χ0) is 6.85. The molecule has 0 amide bonds. The Balaban J connectivity index is 2.74. The zero-order valence-corrected chi connectivity index (χ0v) is 6.44. The standard InChI is InChI=1S/C9H14/c1-7-4-8(2)6-9(3)5-7/h4-5,8H,6H2,1-3H3. The fourth-order valence-corrected chi connectivity index (χ4v) is 1.51. The normalized spacial score (nSPS) is 27.2. The summed E-state index contributed by atoms with van der Waals surface area (Å²) in [4.78, 5) is 0. The second-order valence-corrected chi connectivity index (χ2v) is 3.08. The van der Waals surface area contributed by atoms with Gasteiger partial charge in [0.15, 0.2) is 0 Å². The van der Waals surface area contributed by atoms with Crippen molar-refractivity contribution in [2.75, 3.05) is 0 Å². The van der Waals surface area contributed by atoms with Crippen molar-refractivity contribution in [3.63, 3.8) is 0 Å². The van der Waals surface area contributed by atoms with Crippen molar-refractivity contribution >= 4 is 0 Å². The van der Waals surface area contributed by atoms with Crippen molar-refractivity contribution < 1.29 is 0 Å². The summed E-state index contributed by atoms with van der Waals surface area (Å²) in [5, 5.41) is 0. The monoisotopic (exact) mass is 122 g/mol. The van der Waals surface area contributed by atoms with Crippen molar-refractivity contribution in [1.82, 2.24) is 0 Å². The first-order chi connectivity index (χ1) is 4.18. The van der Waals surface area contributed by atoms with Crippen LogP contribution in [0.4, 0.5) is 0 Å². The zero-order valence-electron chi connectivity index (χ0n) is 6.44. The van der Waals surface area contributed by atoms with E-state index in [2.05, 4.69) is 32.9 Å². The molecule has 0 spiro atoms. The highest BCUT2D eigenvalue weighted by atomic mass is 14.1. The molecule has 0 bridgehead atoms. The summed E-state index contributed by atoms with van der Waals surface area (Å²) in [6.07, 6.45) is 5.84. The minimum atomic E-state index is 0.759. The van der Waals surface area contributed by atoms with Crippen molar-refractivity contribution in [1.29, 1.82) is 0 Å². The fourth-order valence-electron chi connectivity index (χ4n) is 1.51. The topological polar surface area (TPSA) is 0 Å². The van der Waals surface area contributed by atoms with Gasteiger partial charge in [-0.15, -0.1) is 0 Å². The molecular formula is C9H14. The molecule has 1 aliphatic carbocycles. The van der Waals surface area contributed by atoms with Crippen molar-refractivity contribution in [2.24, 2.45) is 5.92 Å². The maximum absolute atomic E-state index is 2.33. The van der Waals surface area contributed by atoms with Crippen LogP contribution in [0.15, 0.2) is 23.3 Å². The molecule has 0 heterocycles. The molecule has 0 N–H and O–H groups in total. The van der Waals surface area contributed by atoms with Gasteiger partial charge < -0.3 is 0 Å². The molecule has 1 aliphatic rings. The maximum atomic E-state index is 2.33. The van der Waals surface area contributed by atoms with Crippen LogP contribution in [-0.2, 0) is 0 Å². The quantitative estimate of drug-likeness (QED) is 0.463. The summed E-state index contributed by atoms with van der Waals surface area (Å²) >= 11 is 0. The lowest BCUT2D eigenvalue weighted by atomic mass is 9.93. The van der Waals surface area contributed by atoms with Gasteiger partial charge in [0, 0.05) is 0 Å². The summed E-state index contributed by atoms with van der Waals surface area (Å²) in [5.41, 5.74) is 2.94. The van der Waals surface area contributed by atoms with E-state index in [-0.39, 0.29) is 0 Å². The Morgan fingerprint density at radius 2 is 2.11 bits per heavy atom. The van der Waals surface area contributed by atoms with Crippen molar-refractivity contribution in [3.05, 3.63) is 23.3 Å². The largest absolute Gasteiger partial charge is 0.0784 e. The highest BCUT2D eigenvalue weighted by molar-refractivity contribution is 5.25. The van der Waals surface area contributed by atoms with Crippen LogP contribution >= 0.6 is 0 Å². The molecule has 0 nitrogen and oxygen atoms in total. The van der Waals surface area contributed by atoms with E-state index in [1.165, 1.54) is 17.6 Å². The number of hydrogen-bond acceptors (Lipinski definition) is 0. The lowest BCUT2D eigenvalue weighted by molar-refractivity contribution is 0.700. The summed E-state index contributed by atoms with van der Waals surface area (Å²) in [6, 6.07) is 0. The lowest BCUT2D eigenvalue weighted by Gasteiger charge is -2.13. The van der Waals surface area contributed by atoms with Gasteiger partial charge in [-0.05, 0) is 26.2 Å². The fraction of sp³-hybridized carbons (Fsp3) is 0.556. The molecule has 50 valence electrons. The van der Waals surface area contributed by atoms with Crippen LogP contribution in [0.25, 0.3) is 0 Å². The molecule has 0 fully saturated rings. The minimum absolute atomic E-state index is 0.759. The van der Waals surface area contributed by atoms with E-state index in [4.69, 9.17) is 0 Å². The lowest BCUT2D eigenvalue weighted by Crippen LogP contribution is -1.96. The molecule has 9 heavy (non-hydrogen) atoms. The highest BCUT2D eigenvalue weighted by Gasteiger charge is 2.04. The second-order valence-electron chi connectivity index (χ2n) is 3.08. The first kappa shape index (κ1) is 6.60.